The molecule has 0 saturated heterocycles. The number of carbonyl (C=O) groups is 2. The highest BCUT2D eigenvalue weighted by atomic mass is 16.5. The molecule has 0 heterocycles. The van der Waals surface area contributed by atoms with Gasteiger partial charge in [-0.2, -0.15) is 4.79 Å². The van der Waals surface area contributed by atoms with E-state index in [1.165, 1.54) is 0 Å². The van der Waals surface area contributed by atoms with Gasteiger partial charge in [-0.15, -0.1) is 0 Å². The van der Waals surface area contributed by atoms with E-state index in [2.05, 4.69) is 9.53 Å². The Balaban J connectivity index is 2.80. The Labute approximate surface area is 129 Å². The number of aryl methyl sites for hydroxylation is 1. The van der Waals surface area contributed by atoms with Gasteiger partial charge in [0, 0.05) is 5.92 Å². The van der Waals surface area contributed by atoms with Gasteiger partial charge in [0.1, 0.15) is 5.75 Å². The van der Waals surface area contributed by atoms with E-state index in [0.717, 1.165) is 19.1 Å². The summed E-state index contributed by atoms with van der Waals surface area (Å²) in [5, 5.41) is 9.25. The van der Waals surface area contributed by atoms with E-state index in [1.54, 1.807) is 24.3 Å². The summed E-state index contributed by atoms with van der Waals surface area (Å²) < 4.78 is 4.45. The van der Waals surface area contributed by atoms with Crippen molar-refractivity contribution in [3.05, 3.63) is 35.4 Å². The Kier molecular flexibility index (Phi) is 6.99. The van der Waals surface area contributed by atoms with Crippen LogP contribution in [0.5, 0.6) is 5.75 Å². The lowest BCUT2D eigenvalue weighted by atomic mass is 9.89. The van der Waals surface area contributed by atoms with E-state index in [0.29, 0.717) is 19.3 Å². The number of methoxy groups -OCH3 is 1. The predicted octanol–water partition coefficient (Wildman–Crippen LogP) is 2.15. The van der Waals surface area contributed by atoms with Gasteiger partial charge in [0.15, 0.2) is 0 Å². The lowest BCUT2D eigenvalue weighted by molar-refractivity contribution is -0.140. The van der Waals surface area contributed by atoms with Crippen molar-refractivity contribution in [1.29, 1.82) is 0 Å². The van der Waals surface area contributed by atoms with Crippen molar-refractivity contribution >= 4 is 17.5 Å². The zero-order valence-electron chi connectivity index (χ0n) is 12.8. The Bertz CT molecular complexity index is 574. The summed E-state index contributed by atoms with van der Waals surface area (Å²) in [6.07, 6.45) is 2.50. The summed E-state index contributed by atoms with van der Waals surface area (Å²) in [6, 6.07) is 6.73. The van der Waals surface area contributed by atoms with Crippen molar-refractivity contribution in [2.75, 3.05) is 7.11 Å². The molecule has 0 bridgehead atoms. The number of aromatic hydroxyl groups is 1. The van der Waals surface area contributed by atoms with Crippen molar-refractivity contribution in [3.63, 3.8) is 0 Å². The standard InChI is InChI=1S/C16H20N2O4/c1-3-4-12(15(20)14(18-17)16(21)22-2)8-5-11-6-9-13(19)10-7-11/h6-7,9-10,12,19H,3-5,8H2,1-2H3. The lowest BCUT2D eigenvalue weighted by Crippen LogP contribution is -2.32. The monoisotopic (exact) mass is 304 g/mol. The van der Waals surface area contributed by atoms with Crippen molar-refractivity contribution < 1.29 is 24.2 Å². The molecule has 118 valence electrons. The topological polar surface area (TPSA) is 100 Å². The molecule has 0 aromatic heterocycles. The Hall–Kier alpha value is -2.46. The Morgan fingerprint density at radius 2 is 1.91 bits per heavy atom. The smallest absolute Gasteiger partial charge is 0.441 e. The largest absolute Gasteiger partial charge is 0.508 e. The van der Waals surface area contributed by atoms with Gasteiger partial charge in [-0.05, 0) is 37.0 Å². The average Bonchev–Trinajstić information content (AvgIpc) is 2.53. The Morgan fingerprint density at radius 3 is 2.41 bits per heavy atom. The van der Waals surface area contributed by atoms with Gasteiger partial charge < -0.3 is 15.4 Å². The highest BCUT2D eigenvalue weighted by Crippen LogP contribution is 2.18. The number of ketones is 1. The molecule has 22 heavy (non-hydrogen) atoms. The summed E-state index contributed by atoms with van der Waals surface area (Å²) in [5.41, 5.74) is 9.29. The highest BCUT2D eigenvalue weighted by molar-refractivity contribution is 6.62. The molecule has 0 spiro atoms. The minimum absolute atomic E-state index is 0.185. The fraction of sp³-hybridized carbons (Fsp3) is 0.438. The molecule has 0 amide bonds. The van der Waals surface area contributed by atoms with E-state index >= 15 is 0 Å². The number of esters is 1. The highest BCUT2D eigenvalue weighted by Gasteiger charge is 2.35. The SMILES string of the molecule is CCCC(CCc1ccc(O)cc1)C(=O)C(=[N+]=[N-])C(=O)OC. The summed E-state index contributed by atoms with van der Waals surface area (Å²) in [7, 11) is 1.13. The first-order valence-electron chi connectivity index (χ1n) is 7.16. The number of ether oxygens (including phenoxy) is 1. The zero-order valence-corrected chi connectivity index (χ0v) is 12.8. The molecule has 0 fully saturated rings. The maximum Gasteiger partial charge on any atom is 0.441 e. The molecule has 1 aromatic carbocycles. The number of hydrogen-bond donors (Lipinski definition) is 1. The second-order valence-electron chi connectivity index (χ2n) is 5.00. The van der Waals surface area contributed by atoms with Crippen LogP contribution in [0.15, 0.2) is 24.3 Å². The number of phenols is 1. The minimum Gasteiger partial charge on any atom is -0.508 e. The van der Waals surface area contributed by atoms with Gasteiger partial charge in [0.2, 0.25) is 0 Å². The molecule has 0 radical (unpaired) electrons. The van der Waals surface area contributed by atoms with Crippen LogP contribution in [0.25, 0.3) is 5.53 Å². The van der Waals surface area contributed by atoms with Crippen LogP contribution in [-0.2, 0) is 20.7 Å². The van der Waals surface area contributed by atoms with Crippen LogP contribution in [0.2, 0.25) is 0 Å². The van der Waals surface area contributed by atoms with Crippen LogP contribution < -0.4 is 0 Å². The van der Waals surface area contributed by atoms with E-state index in [1.807, 2.05) is 6.92 Å². The fourth-order valence-electron chi connectivity index (χ4n) is 2.24. The van der Waals surface area contributed by atoms with Crippen LogP contribution in [0, 0.1) is 5.92 Å². The molecule has 0 aliphatic rings. The number of rotatable bonds is 8. The molecular formula is C16H20N2O4. The molecule has 6 nitrogen and oxygen atoms in total. The maximum atomic E-state index is 12.3. The number of phenolic OH excluding ortho intramolecular Hbond substituents is 1. The molecule has 1 N–H and O–H groups in total. The molecule has 1 atom stereocenters. The summed E-state index contributed by atoms with van der Waals surface area (Å²) >= 11 is 0. The molecule has 0 aliphatic heterocycles. The zero-order chi connectivity index (χ0) is 16.5. The third-order valence-corrected chi connectivity index (χ3v) is 3.44. The van der Waals surface area contributed by atoms with Crippen LogP contribution >= 0.6 is 0 Å². The molecule has 0 aliphatic carbocycles. The first kappa shape index (κ1) is 17.6. The molecule has 6 heteroatoms. The van der Waals surface area contributed by atoms with Crippen LogP contribution in [0.1, 0.15) is 31.7 Å². The minimum atomic E-state index is -0.932. The van der Waals surface area contributed by atoms with Crippen molar-refractivity contribution in [2.45, 2.75) is 32.6 Å². The van der Waals surface area contributed by atoms with E-state index in [-0.39, 0.29) is 5.75 Å². The fourth-order valence-corrected chi connectivity index (χ4v) is 2.24. The van der Waals surface area contributed by atoms with Gasteiger partial charge >= 0.3 is 11.7 Å². The second-order valence-corrected chi connectivity index (χ2v) is 5.00. The molecule has 1 unspecified atom stereocenters. The van der Waals surface area contributed by atoms with Gasteiger partial charge in [-0.3, -0.25) is 4.79 Å². The summed E-state index contributed by atoms with van der Waals surface area (Å²) in [4.78, 5) is 26.5. The van der Waals surface area contributed by atoms with E-state index < -0.39 is 23.4 Å². The van der Waals surface area contributed by atoms with Crippen molar-refractivity contribution in [3.8, 4) is 5.75 Å². The lowest BCUT2D eigenvalue weighted by Gasteiger charge is -2.12. The van der Waals surface area contributed by atoms with Crippen LogP contribution in [0.4, 0.5) is 0 Å². The second kappa shape index (κ2) is 8.74. The van der Waals surface area contributed by atoms with Crippen LogP contribution in [-0.4, -0.2) is 34.5 Å². The first-order valence-corrected chi connectivity index (χ1v) is 7.16. The maximum absolute atomic E-state index is 12.3. The number of Topliss-reactive ketones (excluding diaryl/α,β-unsaturated/α-hetero) is 1. The number of benzene rings is 1. The van der Waals surface area contributed by atoms with Gasteiger partial charge in [-0.1, -0.05) is 25.5 Å². The Morgan fingerprint density at radius 1 is 1.27 bits per heavy atom. The van der Waals surface area contributed by atoms with E-state index in [9.17, 15) is 14.7 Å². The van der Waals surface area contributed by atoms with E-state index in [4.69, 9.17) is 5.53 Å². The number of carbonyl (C=O) groups excluding carboxylic acids is 2. The molecule has 1 rings (SSSR count). The summed E-state index contributed by atoms with van der Waals surface area (Å²) in [5.74, 6) is -1.66. The van der Waals surface area contributed by atoms with Gasteiger partial charge in [0.25, 0.3) is 5.78 Å². The van der Waals surface area contributed by atoms with Crippen molar-refractivity contribution in [2.24, 2.45) is 5.92 Å². The molecule has 0 saturated carbocycles. The quantitative estimate of drug-likeness (QED) is 0.261. The number of hydrogen-bond acceptors (Lipinski definition) is 4. The molecule has 1 aromatic rings. The van der Waals surface area contributed by atoms with Gasteiger partial charge in [-0.25, -0.2) is 4.79 Å². The first-order chi connectivity index (χ1) is 10.5. The third kappa shape index (κ3) is 4.82. The predicted molar refractivity (Wildman–Crippen MR) is 80.5 cm³/mol. The number of nitrogens with zero attached hydrogens (tertiary/aromatic N) is 2. The third-order valence-electron chi connectivity index (χ3n) is 3.44. The van der Waals surface area contributed by atoms with Crippen LogP contribution in [0.3, 0.4) is 0 Å². The molecular weight excluding hydrogens is 284 g/mol. The average molecular weight is 304 g/mol. The normalized spacial score (nSPS) is 11.4. The summed E-state index contributed by atoms with van der Waals surface area (Å²) in [6.45, 7) is 1.94. The van der Waals surface area contributed by atoms with Gasteiger partial charge in [0.05, 0.1) is 7.11 Å². The van der Waals surface area contributed by atoms with Crippen molar-refractivity contribution in [1.82, 2.24) is 0 Å².